The van der Waals surface area contributed by atoms with Gasteiger partial charge >= 0.3 is 12.1 Å². The van der Waals surface area contributed by atoms with E-state index in [1.54, 1.807) is 6.92 Å². The normalized spacial score (nSPS) is 11.9. The van der Waals surface area contributed by atoms with Crippen molar-refractivity contribution in [3.63, 3.8) is 0 Å². The third-order valence-electron chi connectivity index (χ3n) is 6.14. The van der Waals surface area contributed by atoms with Gasteiger partial charge in [0, 0.05) is 5.39 Å². The average molecular weight is 481 g/mol. The van der Waals surface area contributed by atoms with Gasteiger partial charge in [0.2, 0.25) is 0 Å². The number of rotatable bonds is 10. The molecule has 8 nitrogen and oxygen atoms in total. The summed E-state index contributed by atoms with van der Waals surface area (Å²) in [5.41, 5.74) is 4.19. The van der Waals surface area contributed by atoms with Crippen molar-refractivity contribution < 1.29 is 19.1 Å². The highest BCUT2D eigenvalue weighted by atomic mass is 16.5. The third-order valence-corrected chi connectivity index (χ3v) is 6.14. The Morgan fingerprint density at radius 2 is 1.83 bits per heavy atom. The van der Waals surface area contributed by atoms with Crippen LogP contribution in [0.2, 0.25) is 0 Å². The number of aryl methyl sites for hydroxylation is 3. The Labute approximate surface area is 207 Å². The van der Waals surface area contributed by atoms with Crippen molar-refractivity contribution in [2.24, 2.45) is 5.92 Å². The lowest BCUT2D eigenvalue weighted by Crippen LogP contribution is -2.22. The highest BCUT2D eigenvalue weighted by Crippen LogP contribution is 2.27. The van der Waals surface area contributed by atoms with E-state index in [4.69, 9.17) is 14.5 Å². The first-order valence-electron chi connectivity index (χ1n) is 12.4. The summed E-state index contributed by atoms with van der Waals surface area (Å²) in [6, 6.07) is 6.06. The zero-order valence-electron chi connectivity index (χ0n) is 21.6. The van der Waals surface area contributed by atoms with Crippen LogP contribution in [0.25, 0.3) is 16.7 Å². The molecule has 0 saturated carbocycles. The van der Waals surface area contributed by atoms with E-state index in [-0.39, 0.29) is 18.0 Å². The maximum absolute atomic E-state index is 12.7. The van der Waals surface area contributed by atoms with Gasteiger partial charge < -0.3 is 9.47 Å². The molecule has 1 aromatic carbocycles. The van der Waals surface area contributed by atoms with E-state index in [2.05, 4.69) is 43.3 Å². The van der Waals surface area contributed by atoms with E-state index in [1.807, 2.05) is 19.9 Å². The maximum Gasteiger partial charge on any atom is 0.412 e. The topological polar surface area (TPSA) is 95.3 Å². The predicted molar refractivity (Wildman–Crippen MR) is 137 cm³/mol. The first kappa shape index (κ1) is 26.2. The number of amides is 1. The van der Waals surface area contributed by atoms with Crippen molar-refractivity contribution >= 4 is 28.8 Å². The van der Waals surface area contributed by atoms with E-state index in [9.17, 15) is 9.59 Å². The lowest BCUT2D eigenvalue weighted by atomic mass is 10.0. The Morgan fingerprint density at radius 1 is 1.06 bits per heavy atom. The van der Waals surface area contributed by atoms with Crippen LogP contribution in [0.4, 0.5) is 10.6 Å². The van der Waals surface area contributed by atoms with E-state index in [0.29, 0.717) is 18.3 Å². The Bertz CT molecular complexity index is 1200. The number of carbonyl (C=O) groups is 2. The van der Waals surface area contributed by atoms with Crippen LogP contribution in [0.3, 0.4) is 0 Å². The van der Waals surface area contributed by atoms with Crippen molar-refractivity contribution in [3.05, 3.63) is 46.6 Å². The number of carbonyl (C=O) groups excluding carboxylic acids is 2. The first-order valence-corrected chi connectivity index (χ1v) is 12.4. The molecule has 2 heterocycles. The fourth-order valence-electron chi connectivity index (χ4n) is 4.16. The van der Waals surface area contributed by atoms with E-state index < -0.39 is 12.1 Å². The van der Waals surface area contributed by atoms with Gasteiger partial charge in [-0.05, 0) is 63.3 Å². The smallest absolute Gasteiger partial charge is 0.412 e. The number of pyridine rings is 1. The molecule has 0 spiro atoms. The standard InChI is InChI=1S/C27H36N4O4/c1-7-10-11-20(8-2)16-35-27(33)30-25-22(26(32)34-9-3)15-28-31(25)23-14-18(5)21-13-17(4)12-19(6)24(21)29-23/h12-15,20H,7-11,16H2,1-6H3,(H,30,33). The molecule has 0 radical (unpaired) electrons. The zero-order valence-corrected chi connectivity index (χ0v) is 21.6. The highest BCUT2D eigenvalue weighted by molar-refractivity contribution is 5.99. The highest BCUT2D eigenvalue weighted by Gasteiger charge is 2.23. The first-order chi connectivity index (χ1) is 16.8. The van der Waals surface area contributed by atoms with Gasteiger partial charge in [0.25, 0.3) is 0 Å². The summed E-state index contributed by atoms with van der Waals surface area (Å²) in [7, 11) is 0. The summed E-state index contributed by atoms with van der Waals surface area (Å²) < 4.78 is 12.1. The summed E-state index contributed by atoms with van der Waals surface area (Å²) in [6.07, 6.45) is 4.87. The van der Waals surface area contributed by atoms with Crippen LogP contribution in [0.5, 0.6) is 0 Å². The molecule has 3 aromatic rings. The Hall–Kier alpha value is -3.42. The van der Waals surface area contributed by atoms with Crippen LogP contribution >= 0.6 is 0 Å². The van der Waals surface area contributed by atoms with Gasteiger partial charge in [-0.25, -0.2) is 14.6 Å². The van der Waals surface area contributed by atoms with Crippen molar-refractivity contribution in [1.29, 1.82) is 0 Å². The maximum atomic E-state index is 12.7. The van der Waals surface area contributed by atoms with Crippen LogP contribution in [-0.2, 0) is 9.47 Å². The minimum atomic E-state index is -0.642. The Kier molecular flexibility index (Phi) is 8.84. The predicted octanol–water partition coefficient (Wildman–Crippen LogP) is 6.29. The van der Waals surface area contributed by atoms with Gasteiger partial charge in [0.15, 0.2) is 11.6 Å². The minimum absolute atomic E-state index is 0.141. The molecule has 1 amide bonds. The summed E-state index contributed by atoms with van der Waals surface area (Å²) in [5.74, 6) is 0.382. The molecule has 188 valence electrons. The van der Waals surface area contributed by atoms with Crippen molar-refractivity contribution in [2.45, 2.75) is 67.2 Å². The number of anilines is 1. The number of esters is 1. The van der Waals surface area contributed by atoms with Gasteiger partial charge in [-0.2, -0.15) is 9.78 Å². The fraction of sp³-hybridized carbons (Fsp3) is 0.481. The molecule has 0 fully saturated rings. The average Bonchev–Trinajstić information content (AvgIpc) is 3.23. The number of hydrogen-bond acceptors (Lipinski definition) is 6. The second-order valence-corrected chi connectivity index (χ2v) is 8.95. The van der Waals surface area contributed by atoms with E-state index in [1.165, 1.54) is 10.9 Å². The quantitative estimate of drug-likeness (QED) is 0.343. The third kappa shape index (κ3) is 6.18. The SMILES string of the molecule is CCCCC(CC)COC(=O)Nc1c(C(=O)OCC)cnn1-c1cc(C)c2cc(C)cc(C)c2n1. The van der Waals surface area contributed by atoms with Crippen molar-refractivity contribution in [1.82, 2.24) is 14.8 Å². The molecule has 1 unspecified atom stereocenters. The van der Waals surface area contributed by atoms with Gasteiger partial charge in [-0.1, -0.05) is 44.7 Å². The number of nitrogens with one attached hydrogen (secondary N) is 1. The monoisotopic (exact) mass is 480 g/mol. The second-order valence-electron chi connectivity index (χ2n) is 8.95. The molecular weight excluding hydrogens is 444 g/mol. The molecular formula is C27H36N4O4. The second kappa shape index (κ2) is 11.8. The minimum Gasteiger partial charge on any atom is -0.462 e. The van der Waals surface area contributed by atoms with Crippen molar-refractivity contribution in [3.8, 4) is 5.82 Å². The summed E-state index contributed by atoms with van der Waals surface area (Å²) in [5, 5.41) is 8.15. The van der Waals surface area contributed by atoms with Crippen LogP contribution in [-0.4, -0.2) is 40.0 Å². The number of nitrogens with zero attached hydrogens (tertiary/aromatic N) is 3. The number of benzene rings is 1. The molecule has 0 aliphatic carbocycles. The van der Waals surface area contributed by atoms with Gasteiger partial charge in [0.1, 0.15) is 5.56 Å². The Morgan fingerprint density at radius 3 is 2.51 bits per heavy atom. The lowest BCUT2D eigenvalue weighted by molar-refractivity contribution is 0.0527. The molecule has 1 atom stereocenters. The largest absolute Gasteiger partial charge is 0.462 e. The molecule has 1 N–H and O–H groups in total. The van der Waals surface area contributed by atoms with E-state index >= 15 is 0 Å². The number of unbranched alkanes of at least 4 members (excludes halogenated alkanes) is 1. The number of aromatic nitrogens is 3. The molecule has 2 aromatic heterocycles. The molecule has 35 heavy (non-hydrogen) atoms. The van der Waals surface area contributed by atoms with Gasteiger partial charge in [-0.15, -0.1) is 0 Å². The molecule has 0 aliphatic heterocycles. The van der Waals surface area contributed by atoms with Gasteiger partial charge in [0.05, 0.1) is 24.9 Å². The van der Waals surface area contributed by atoms with Crippen molar-refractivity contribution in [2.75, 3.05) is 18.5 Å². The van der Waals surface area contributed by atoms with Crippen LogP contribution in [0.15, 0.2) is 24.4 Å². The fourth-order valence-corrected chi connectivity index (χ4v) is 4.16. The Balaban J connectivity index is 1.96. The molecule has 0 aliphatic rings. The van der Waals surface area contributed by atoms with E-state index in [0.717, 1.165) is 53.3 Å². The molecule has 8 heteroatoms. The van der Waals surface area contributed by atoms with Crippen LogP contribution < -0.4 is 5.32 Å². The summed E-state index contributed by atoms with van der Waals surface area (Å²) in [6.45, 7) is 12.5. The number of ether oxygens (including phenoxy) is 2. The van der Waals surface area contributed by atoms with Crippen LogP contribution in [0.1, 0.15) is 73.5 Å². The molecule has 0 bridgehead atoms. The molecule has 0 saturated heterocycles. The lowest BCUT2D eigenvalue weighted by Gasteiger charge is -2.16. The van der Waals surface area contributed by atoms with Gasteiger partial charge in [-0.3, -0.25) is 5.32 Å². The molecule has 3 rings (SSSR count). The van der Waals surface area contributed by atoms with Crippen LogP contribution in [0, 0.1) is 26.7 Å². The number of hydrogen-bond donors (Lipinski definition) is 1. The number of fused-ring (bicyclic) bond motifs is 1. The summed E-state index contributed by atoms with van der Waals surface area (Å²) >= 11 is 0. The zero-order chi connectivity index (χ0) is 25.5. The summed E-state index contributed by atoms with van der Waals surface area (Å²) in [4.78, 5) is 30.2.